The molecule has 1 N–H and O–H groups in total. The first-order chi connectivity index (χ1) is 9.62. The summed E-state index contributed by atoms with van der Waals surface area (Å²) in [7, 11) is 0. The summed E-state index contributed by atoms with van der Waals surface area (Å²) in [5.74, 6) is 0. The highest BCUT2D eigenvalue weighted by Crippen LogP contribution is 2.42. The van der Waals surface area contributed by atoms with E-state index in [1.807, 2.05) is 0 Å². The fraction of sp³-hybridized carbons (Fsp3) is 0.562. The van der Waals surface area contributed by atoms with Gasteiger partial charge in [0.25, 0.3) is 0 Å². The van der Waals surface area contributed by atoms with Crippen LogP contribution in [0.15, 0.2) is 30.3 Å². The van der Waals surface area contributed by atoms with Gasteiger partial charge < -0.3 is 5.11 Å². The van der Waals surface area contributed by atoms with Crippen LogP contribution in [0.2, 0.25) is 0 Å². The van der Waals surface area contributed by atoms with Crippen molar-refractivity contribution in [1.29, 1.82) is 5.26 Å². The number of benzene rings is 1. The molecule has 1 rings (SSSR count). The van der Waals surface area contributed by atoms with Crippen LogP contribution in [-0.2, 0) is 5.60 Å². The highest BCUT2D eigenvalue weighted by atomic mass is 19.4. The predicted octanol–water partition coefficient (Wildman–Crippen LogP) is 4.55. The van der Waals surface area contributed by atoms with Crippen LogP contribution in [0, 0.1) is 16.7 Å². The van der Waals surface area contributed by atoms with Crippen LogP contribution in [0.3, 0.4) is 0 Å². The van der Waals surface area contributed by atoms with Gasteiger partial charge >= 0.3 is 6.18 Å². The van der Waals surface area contributed by atoms with Crippen molar-refractivity contribution in [2.75, 3.05) is 0 Å². The second-order valence-electron chi connectivity index (χ2n) is 5.93. The third-order valence-corrected chi connectivity index (χ3v) is 3.61. The Kier molecular flexibility index (Phi) is 5.41. The minimum Gasteiger partial charge on any atom is -0.376 e. The maximum atomic E-state index is 13.2. The number of hydrogen-bond acceptors (Lipinski definition) is 2. The highest BCUT2D eigenvalue weighted by Gasteiger charge is 2.54. The van der Waals surface area contributed by atoms with Crippen LogP contribution in [0.25, 0.3) is 0 Å². The van der Waals surface area contributed by atoms with E-state index in [9.17, 15) is 18.3 Å². The Labute approximate surface area is 123 Å². The number of unbranched alkanes of at least 4 members (excludes halogenated alkanes) is 1. The molecule has 0 spiro atoms. The molecule has 21 heavy (non-hydrogen) atoms. The largest absolute Gasteiger partial charge is 0.421 e. The molecule has 1 aromatic rings. The van der Waals surface area contributed by atoms with E-state index in [0.29, 0.717) is 12.8 Å². The first kappa shape index (κ1) is 17.5. The van der Waals surface area contributed by atoms with Gasteiger partial charge in [0.05, 0.1) is 11.5 Å². The smallest absolute Gasteiger partial charge is 0.376 e. The molecule has 1 unspecified atom stereocenters. The molecule has 0 aromatic heterocycles. The standard InChI is InChI=1S/C16H20F3NO/c1-14(2,12-20)10-6-7-11-15(21,16(17,18)19)13-8-4-3-5-9-13/h3-5,8-9,21H,6-7,10-11H2,1-2H3. The van der Waals surface area contributed by atoms with Gasteiger partial charge in [0.2, 0.25) is 0 Å². The zero-order valence-corrected chi connectivity index (χ0v) is 12.2. The van der Waals surface area contributed by atoms with E-state index in [1.165, 1.54) is 24.3 Å². The Bertz CT molecular complexity index is 490. The summed E-state index contributed by atoms with van der Waals surface area (Å²) in [5.41, 5.74) is -3.52. The lowest BCUT2D eigenvalue weighted by Gasteiger charge is -2.31. The van der Waals surface area contributed by atoms with Crippen molar-refractivity contribution in [3.63, 3.8) is 0 Å². The fourth-order valence-electron chi connectivity index (χ4n) is 2.17. The maximum absolute atomic E-state index is 13.2. The Morgan fingerprint density at radius 3 is 2.05 bits per heavy atom. The van der Waals surface area contributed by atoms with Gasteiger partial charge in [0, 0.05) is 0 Å². The summed E-state index contributed by atoms with van der Waals surface area (Å²) in [6, 6.07) is 9.25. The molecule has 0 amide bonds. The van der Waals surface area contributed by atoms with Gasteiger partial charge in [-0.25, -0.2) is 0 Å². The molecular formula is C16H20F3NO. The van der Waals surface area contributed by atoms with Crippen LogP contribution in [0.4, 0.5) is 13.2 Å². The monoisotopic (exact) mass is 299 g/mol. The Balaban J connectivity index is 2.76. The minimum atomic E-state index is -4.72. The number of halogens is 3. The van der Waals surface area contributed by atoms with E-state index in [0.717, 1.165) is 0 Å². The number of alkyl halides is 3. The molecule has 0 saturated heterocycles. The van der Waals surface area contributed by atoms with Crippen LogP contribution in [0.5, 0.6) is 0 Å². The summed E-state index contributed by atoms with van der Waals surface area (Å²) < 4.78 is 39.6. The average molecular weight is 299 g/mol. The summed E-state index contributed by atoms with van der Waals surface area (Å²) in [4.78, 5) is 0. The number of hydrogen-bond donors (Lipinski definition) is 1. The Morgan fingerprint density at radius 2 is 1.57 bits per heavy atom. The average Bonchev–Trinajstić information content (AvgIpc) is 2.43. The van der Waals surface area contributed by atoms with Gasteiger partial charge in [-0.3, -0.25) is 0 Å². The molecule has 0 radical (unpaired) electrons. The molecule has 0 bridgehead atoms. The zero-order valence-electron chi connectivity index (χ0n) is 12.2. The third-order valence-electron chi connectivity index (χ3n) is 3.61. The number of nitriles is 1. The first-order valence-electron chi connectivity index (χ1n) is 6.88. The maximum Gasteiger partial charge on any atom is 0.421 e. The van der Waals surface area contributed by atoms with Crippen LogP contribution >= 0.6 is 0 Å². The summed E-state index contributed by atoms with van der Waals surface area (Å²) >= 11 is 0. The van der Waals surface area contributed by atoms with Gasteiger partial charge in [0.15, 0.2) is 5.60 Å². The minimum absolute atomic E-state index is 0.142. The van der Waals surface area contributed by atoms with E-state index in [-0.39, 0.29) is 12.0 Å². The second kappa shape index (κ2) is 6.48. The van der Waals surface area contributed by atoms with Crippen molar-refractivity contribution in [3.8, 4) is 6.07 Å². The van der Waals surface area contributed by atoms with Crippen molar-refractivity contribution >= 4 is 0 Å². The molecule has 0 aliphatic rings. The SMILES string of the molecule is CC(C)(C#N)CCCCC(O)(c1ccccc1)C(F)(F)F. The van der Waals surface area contributed by atoms with E-state index in [4.69, 9.17) is 5.26 Å². The first-order valence-corrected chi connectivity index (χ1v) is 6.88. The summed E-state index contributed by atoms with van der Waals surface area (Å²) in [6.07, 6.45) is -3.95. The summed E-state index contributed by atoms with van der Waals surface area (Å²) in [6.45, 7) is 3.50. The zero-order chi connectivity index (χ0) is 16.1. The van der Waals surface area contributed by atoms with Crippen LogP contribution in [0.1, 0.15) is 45.1 Å². The van der Waals surface area contributed by atoms with E-state index in [2.05, 4.69) is 6.07 Å². The highest BCUT2D eigenvalue weighted by molar-refractivity contribution is 5.24. The molecule has 0 aliphatic carbocycles. The van der Waals surface area contributed by atoms with Gasteiger partial charge in [-0.05, 0) is 38.7 Å². The van der Waals surface area contributed by atoms with Crippen LogP contribution in [-0.4, -0.2) is 11.3 Å². The normalized spacial score (nSPS) is 15.3. The van der Waals surface area contributed by atoms with Crippen molar-refractivity contribution in [2.45, 2.75) is 51.3 Å². The molecule has 1 atom stereocenters. The molecule has 2 nitrogen and oxygen atoms in total. The topological polar surface area (TPSA) is 44.0 Å². The van der Waals surface area contributed by atoms with Crippen molar-refractivity contribution in [2.24, 2.45) is 5.41 Å². The number of aliphatic hydroxyl groups is 1. The molecule has 0 aliphatic heterocycles. The Morgan fingerprint density at radius 1 is 1.05 bits per heavy atom. The predicted molar refractivity (Wildman–Crippen MR) is 74.3 cm³/mol. The molecule has 5 heteroatoms. The van der Waals surface area contributed by atoms with Gasteiger partial charge in [-0.1, -0.05) is 36.8 Å². The van der Waals surface area contributed by atoms with Crippen molar-refractivity contribution in [1.82, 2.24) is 0 Å². The summed E-state index contributed by atoms with van der Waals surface area (Å²) in [5, 5.41) is 19.0. The molecule has 116 valence electrons. The van der Waals surface area contributed by atoms with Crippen molar-refractivity contribution in [3.05, 3.63) is 35.9 Å². The van der Waals surface area contributed by atoms with E-state index >= 15 is 0 Å². The molecule has 0 saturated carbocycles. The molecule has 1 aromatic carbocycles. The van der Waals surface area contributed by atoms with Crippen LogP contribution < -0.4 is 0 Å². The van der Waals surface area contributed by atoms with Gasteiger partial charge in [0.1, 0.15) is 0 Å². The van der Waals surface area contributed by atoms with Gasteiger partial charge in [-0.2, -0.15) is 18.4 Å². The van der Waals surface area contributed by atoms with Gasteiger partial charge in [-0.15, -0.1) is 0 Å². The Hall–Kier alpha value is -1.54. The molecular weight excluding hydrogens is 279 g/mol. The quantitative estimate of drug-likeness (QED) is 0.783. The van der Waals surface area contributed by atoms with Crippen molar-refractivity contribution < 1.29 is 18.3 Å². The third kappa shape index (κ3) is 4.47. The number of nitrogens with zero attached hydrogens (tertiary/aromatic N) is 1. The lowest BCUT2D eigenvalue weighted by molar-refractivity contribution is -0.269. The van der Waals surface area contributed by atoms with E-state index in [1.54, 1.807) is 19.9 Å². The molecule has 0 heterocycles. The second-order valence-corrected chi connectivity index (χ2v) is 5.93. The lowest BCUT2D eigenvalue weighted by atomic mass is 9.84. The fourth-order valence-corrected chi connectivity index (χ4v) is 2.17. The van der Waals surface area contributed by atoms with E-state index < -0.39 is 23.6 Å². The lowest BCUT2D eigenvalue weighted by Crippen LogP contribution is -2.42. The molecule has 0 fully saturated rings. The number of rotatable bonds is 6.